The molecule has 3 aromatic rings. The number of rotatable bonds is 6. The van der Waals surface area contributed by atoms with E-state index in [1.165, 1.54) is 4.90 Å². The van der Waals surface area contributed by atoms with Crippen LogP contribution in [0.15, 0.2) is 54.6 Å². The molecule has 1 heterocycles. The van der Waals surface area contributed by atoms with Gasteiger partial charge in [0.05, 0.1) is 23.0 Å². The van der Waals surface area contributed by atoms with E-state index in [4.69, 9.17) is 10.4 Å². The molecule has 8 nitrogen and oxygen atoms in total. The predicted octanol–water partition coefficient (Wildman–Crippen LogP) is 4.84. The van der Waals surface area contributed by atoms with Crippen LogP contribution in [0.1, 0.15) is 44.5 Å². The number of hydrogen-bond donors (Lipinski definition) is 2. The van der Waals surface area contributed by atoms with Gasteiger partial charge in [-0.1, -0.05) is 38.5 Å². The van der Waals surface area contributed by atoms with E-state index >= 15 is 0 Å². The van der Waals surface area contributed by atoms with Crippen molar-refractivity contribution in [2.45, 2.75) is 40.0 Å². The summed E-state index contributed by atoms with van der Waals surface area (Å²) in [6, 6.07) is 17.9. The summed E-state index contributed by atoms with van der Waals surface area (Å²) >= 11 is 0. The fourth-order valence-electron chi connectivity index (χ4n) is 3.23. The normalized spacial score (nSPS) is 10.9. The van der Waals surface area contributed by atoms with Gasteiger partial charge in [0.15, 0.2) is 0 Å². The third-order valence-electron chi connectivity index (χ3n) is 5.29. The molecular formula is C26H30N6O2. The summed E-state index contributed by atoms with van der Waals surface area (Å²) in [5.41, 5.74) is 3.66. The molecule has 0 aliphatic carbocycles. The van der Waals surface area contributed by atoms with Crippen LogP contribution in [-0.4, -0.2) is 39.7 Å². The third-order valence-corrected chi connectivity index (χ3v) is 5.29. The van der Waals surface area contributed by atoms with Crippen LogP contribution >= 0.6 is 0 Å². The molecule has 3 amide bonds. The Bertz CT molecular complexity index is 1200. The molecule has 1 aromatic heterocycles. The summed E-state index contributed by atoms with van der Waals surface area (Å²) in [6.07, 6.45) is 0. The van der Waals surface area contributed by atoms with Crippen LogP contribution in [0.3, 0.4) is 0 Å². The van der Waals surface area contributed by atoms with Gasteiger partial charge in [-0.2, -0.15) is 10.4 Å². The summed E-state index contributed by atoms with van der Waals surface area (Å²) in [6.45, 7) is 10.2. The van der Waals surface area contributed by atoms with Crippen LogP contribution < -0.4 is 10.6 Å². The van der Waals surface area contributed by atoms with Crippen molar-refractivity contribution in [3.8, 4) is 11.8 Å². The van der Waals surface area contributed by atoms with Crippen molar-refractivity contribution in [2.24, 2.45) is 0 Å². The van der Waals surface area contributed by atoms with Gasteiger partial charge in [-0.15, -0.1) is 0 Å². The minimum atomic E-state index is -0.398. The van der Waals surface area contributed by atoms with Gasteiger partial charge in [-0.05, 0) is 50.2 Å². The van der Waals surface area contributed by atoms with Gasteiger partial charge >= 0.3 is 6.03 Å². The highest BCUT2D eigenvalue weighted by atomic mass is 16.2. The topological polar surface area (TPSA) is 103 Å². The summed E-state index contributed by atoms with van der Waals surface area (Å²) < 4.78 is 1.71. The van der Waals surface area contributed by atoms with Crippen molar-refractivity contribution in [1.29, 1.82) is 5.26 Å². The second-order valence-electron chi connectivity index (χ2n) is 9.09. The van der Waals surface area contributed by atoms with Gasteiger partial charge < -0.3 is 15.5 Å². The number of carbonyl (C=O) groups excluding carboxylic acids is 2. The van der Waals surface area contributed by atoms with Gasteiger partial charge in [0, 0.05) is 23.7 Å². The molecule has 3 rings (SSSR count). The molecule has 2 N–H and O–H groups in total. The molecular weight excluding hydrogens is 428 g/mol. The number of carbonyl (C=O) groups is 2. The number of benzene rings is 2. The number of likely N-dealkylation sites (N-methyl/N-ethyl adjacent to an activating group) is 1. The number of urea groups is 1. The van der Waals surface area contributed by atoms with Crippen LogP contribution in [-0.2, 0) is 10.2 Å². The first kappa shape index (κ1) is 24.5. The first-order chi connectivity index (χ1) is 16.1. The first-order valence-electron chi connectivity index (χ1n) is 11.1. The zero-order valence-corrected chi connectivity index (χ0v) is 20.2. The van der Waals surface area contributed by atoms with E-state index in [1.54, 1.807) is 35.9 Å². The third kappa shape index (κ3) is 6.01. The van der Waals surface area contributed by atoms with Gasteiger partial charge in [0.2, 0.25) is 5.91 Å². The summed E-state index contributed by atoms with van der Waals surface area (Å²) in [4.78, 5) is 27.0. The van der Waals surface area contributed by atoms with Crippen molar-refractivity contribution in [1.82, 2.24) is 14.7 Å². The number of aryl methyl sites for hydroxylation is 1. The highest BCUT2D eigenvalue weighted by Gasteiger charge is 2.23. The molecule has 34 heavy (non-hydrogen) atoms. The molecule has 0 fully saturated rings. The Kier molecular flexibility index (Phi) is 7.37. The second kappa shape index (κ2) is 10.2. The monoisotopic (exact) mass is 458 g/mol. The van der Waals surface area contributed by atoms with Gasteiger partial charge in [0.1, 0.15) is 12.4 Å². The van der Waals surface area contributed by atoms with Gasteiger partial charge in [-0.25, -0.2) is 9.48 Å². The molecule has 0 aliphatic rings. The highest BCUT2D eigenvalue weighted by molar-refractivity contribution is 5.96. The van der Waals surface area contributed by atoms with E-state index in [9.17, 15) is 9.59 Å². The Morgan fingerprint density at radius 1 is 1.06 bits per heavy atom. The maximum Gasteiger partial charge on any atom is 0.322 e. The highest BCUT2D eigenvalue weighted by Crippen LogP contribution is 2.26. The SMILES string of the molecule is CCN(CC(=O)Nc1cc(C(C)(C)C)nn1-c1ccc(C)cc1)C(=O)Nc1ccc(C#N)cc1. The molecule has 8 heteroatoms. The fraction of sp³-hybridized carbons (Fsp3) is 0.308. The maximum absolute atomic E-state index is 12.9. The molecule has 0 unspecified atom stereocenters. The van der Waals surface area contributed by atoms with Crippen LogP contribution in [0.2, 0.25) is 0 Å². The average Bonchev–Trinajstić information content (AvgIpc) is 3.22. The number of aromatic nitrogens is 2. The van der Waals surface area contributed by atoms with Crippen LogP contribution in [0.25, 0.3) is 5.69 Å². The second-order valence-corrected chi connectivity index (χ2v) is 9.09. The van der Waals surface area contributed by atoms with Crippen molar-refractivity contribution < 1.29 is 9.59 Å². The molecule has 0 bridgehead atoms. The minimum Gasteiger partial charge on any atom is -0.315 e. The summed E-state index contributed by atoms with van der Waals surface area (Å²) in [5.74, 6) is 0.216. The van der Waals surface area contributed by atoms with Gasteiger partial charge in [0.25, 0.3) is 0 Å². The Morgan fingerprint density at radius 2 is 1.71 bits per heavy atom. The molecule has 0 saturated heterocycles. The van der Waals surface area contributed by atoms with E-state index in [1.807, 2.05) is 43.3 Å². The lowest BCUT2D eigenvalue weighted by atomic mass is 9.92. The van der Waals surface area contributed by atoms with Gasteiger partial charge in [-0.3, -0.25) is 4.79 Å². The Hall–Kier alpha value is -4.12. The molecule has 176 valence electrons. The zero-order chi connectivity index (χ0) is 24.9. The molecule has 0 atom stereocenters. The van der Waals surface area contributed by atoms with Crippen LogP contribution in [0.5, 0.6) is 0 Å². The van der Waals surface area contributed by atoms with Crippen molar-refractivity contribution in [3.63, 3.8) is 0 Å². The fourth-order valence-corrected chi connectivity index (χ4v) is 3.23. The molecule has 0 aliphatic heterocycles. The summed E-state index contributed by atoms with van der Waals surface area (Å²) in [5, 5.41) is 19.3. The number of anilines is 2. The smallest absolute Gasteiger partial charge is 0.315 e. The molecule has 0 saturated carbocycles. The van der Waals surface area contributed by atoms with E-state index < -0.39 is 6.03 Å². The van der Waals surface area contributed by atoms with E-state index in [0.717, 1.165) is 16.9 Å². The quantitative estimate of drug-likeness (QED) is 0.551. The number of nitriles is 1. The lowest BCUT2D eigenvalue weighted by Gasteiger charge is -2.21. The van der Waals surface area contributed by atoms with Crippen molar-refractivity contribution >= 4 is 23.4 Å². The summed E-state index contributed by atoms with van der Waals surface area (Å²) in [7, 11) is 0. The number of nitrogens with zero attached hydrogens (tertiary/aromatic N) is 4. The molecule has 0 spiro atoms. The largest absolute Gasteiger partial charge is 0.322 e. The first-order valence-corrected chi connectivity index (χ1v) is 11.1. The number of amides is 3. The van der Waals surface area contributed by atoms with E-state index in [0.29, 0.717) is 23.6 Å². The van der Waals surface area contributed by atoms with Crippen molar-refractivity contribution in [3.05, 3.63) is 71.4 Å². The van der Waals surface area contributed by atoms with Crippen LogP contribution in [0.4, 0.5) is 16.3 Å². The van der Waals surface area contributed by atoms with E-state index in [2.05, 4.69) is 31.4 Å². The lowest BCUT2D eigenvalue weighted by molar-refractivity contribution is -0.116. The average molecular weight is 459 g/mol. The number of nitrogens with one attached hydrogen (secondary N) is 2. The minimum absolute atomic E-state index is 0.122. The zero-order valence-electron chi connectivity index (χ0n) is 20.2. The molecule has 2 aromatic carbocycles. The Balaban J connectivity index is 1.75. The number of hydrogen-bond acceptors (Lipinski definition) is 4. The van der Waals surface area contributed by atoms with E-state index in [-0.39, 0.29) is 17.9 Å². The Labute approximate surface area is 200 Å². The maximum atomic E-state index is 12.9. The predicted molar refractivity (Wildman–Crippen MR) is 133 cm³/mol. The van der Waals surface area contributed by atoms with Crippen LogP contribution in [0, 0.1) is 18.3 Å². The van der Waals surface area contributed by atoms with Crippen molar-refractivity contribution in [2.75, 3.05) is 23.7 Å². The Morgan fingerprint density at radius 3 is 2.26 bits per heavy atom. The lowest BCUT2D eigenvalue weighted by Crippen LogP contribution is -2.40. The standard InChI is InChI=1S/C26H30N6O2/c1-6-31(25(34)28-20-11-9-19(16-27)10-12-20)17-24(33)29-23-15-22(26(3,4)5)30-32(23)21-13-7-18(2)8-14-21/h7-15H,6,17H2,1-5H3,(H,28,34)(H,29,33). The molecule has 0 radical (unpaired) electrons.